The van der Waals surface area contributed by atoms with Gasteiger partial charge in [-0.15, -0.1) is 0 Å². The number of hydrogen-bond acceptors (Lipinski definition) is 7. The van der Waals surface area contributed by atoms with Crippen LogP contribution < -0.4 is 4.28 Å². The van der Waals surface area contributed by atoms with Crippen LogP contribution >= 0.6 is 0 Å². The Morgan fingerprint density at radius 1 is 1.24 bits per heavy atom. The molecule has 0 aliphatic rings. The second-order valence-electron chi connectivity index (χ2n) is 3.18. The lowest BCUT2D eigenvalue weighted by Crippen LogP contribution is -2.24. The first kappa shape index (κ1) is 13.6. The van der Waals surface area contributed by atoms with Crippen molar-refractivity contribution in [3.05, 3.63) is 11.6 Å². The normalized spacial score (nSPS) is 11.6. The van der Waals surface area contributed by atoms with Gasteiger partial charge in [0.2, 0.25) is 11.8 Å². The fraction of sp³-hybridized carbons (Fsp3) is 0.500. The summed E-state index contributed by atoms with van der Waals surface area (Å²) in [6.45, 7) is -0.922. The topological polar surface area (TPSA) is 129 Å². The van der Waals surface area contributed by atoms with Gasteiger partial charge >= 0.3 is 10.1 Å². The summed E-state index contributed by atoms with van der Waals surface area (Å²) >= 11 is 0. The Labute approximate surface area is 97.4 Å². The molecule has 8 nitrogen and oxygen atoms in total. The Hall–Kier alpha value is -1.45. The second-order valence-corrected chi connectivity index (χ2v) is 4.85. The third kappa shape index (κ3) is 3.25. The number of aromatic hydroxyl groups is 2. The van der Waals surface area contributed by atoms with Crippen LogP contribution in [-0.4, -0.2) is 52.5 Å². The average Bonchev–Trinajstić information content (AvgIpc) is 2.46. The molecule has 0 saturated heterocycles. The maximum Gasteiger partial charge on any atom is 0.329 e. The van der Waals surface area contributed by atoms with Gasteiger partial charge in [0, 0.05) is 24.7 Å². The number of aromatic nitrogens is 1. The Balaban J connectivity index is 2.99. The number of hydrogen-bond donors (Lipinski definition) is 4. The van der Waals surface area contributed by atoms with Crippen LogP contribution in [0.4, 0.5) is 0 Å². The molecule has 17 heavy (non-hydrogen) atoms. The van der Waals surface area contributed by atoms with Gasteiger partial charge in [0.1, 0.15) is 5.75 Å². The Bertz CT molecular complexity index is 478. The number of rotatable bonds is 6. The number of aliphatic hydroxyl groups is 2. The van der Waals surface area contributed by atoms with Gasteiger partial charge in [-0.25, -0.2) is 0 Å². The molecule has 0 bridgehead atoms. The Morgan fingerprint density at radius 3 is 2.41 bits per heavy atom. The standard InChI is InChI=1S/C8H13NO7S/c10-2-1-6-5-7(12)9(8(6)13)16-17(14,15)4-3-11/h5,10-13H,1-4H2. The van der Waals surface area contributed by atoms with Gasteiger partial charge in [-0.1, -0.05) is 4.73 Å². The van der Waals surface area contributed by atoms with E-state index < -0.39 is 34.2 Å². The third-order valence-corrected chi connectivity index (χ3v) is 2.96. The quantitative estimate of drug-likeness (QED) is 0.477. The van der Waals surface area contributed by atoms with E-state index >= 15 is 0 Å². The summed E-state index contributed by atoms with van der Waals surface area (Å²) in [5, 5.41) is 36.0. The van der Waals surface area contributed by atoms with Crippen LogP contribution in [0.2, 0.25) is 0 Å². The van der Waals surface area contributed by atoms with E-state index in [4.69, 9.17) is 10.2 Å². The van der Waals surface area contributed by atoms with Gasteiger partial charge < -0.3 is 20.4 Å². The summed E-state index contributed by atoms with van der Waals surface area (Å²) in [7, 11) is -4.10. The van der Waals surface area contributed by atoms with E-state index in [1.807, 2.05) is 0 Å². The zero-order valence-corrected chi connectivity index (χ0v) is 9.59. The van der Waals surface area contributed by atoms with Gasteiger partial charge in [-0.2, -0.15) is 8.42 Å². The van der Waals surface area contributed by atoms with Crippen molar-refractivity contribution in [2.24, 2.45) is 0 Å². The molecule has 0 atom stereocenters. The molecule has 1 aromatic heterocycles. The predicted molar refractivity (Wildman–Crippen MR) is 56.0 cm³/mol. The van der Waals surface area contributed by atoms with E-state index in [1.165, 1.54) is 0 Å². The van der Waals surface area contributed by atoms with Crippen LogP contribution in [0.5, 0.6) is 11.8 Å². The summed E-state index contributed by atoms with van der Waals surface area (Å²) in [6.07, 6.45) is 0.0375. The molecule has 1 heterocycles. The van der Waals surface area contributed by atoms with E-state index in [-0.39, 0.29) is 18.6 Å². The Morgan fingerprint density at radius 2 is 1.88 bits per heavy atom. The summed E-state index contributed by atoms with van der Waals surface area (Å²) in [5.41, 5.74) is 0.143. The second kappa shape index (κ2) is 5.25. The largest absolute Gasteiger partial charge is 0.492 e. The van der Waals surface area contributed by atoms with E-state index in [2.05, 4.69) is 4.28 Å². The SMILES string of the molecule is O=S(=O)(CCO)On1c(O)cc(CCO)c1O. The fourth-order valence-corrected chi connectivity index (χ4v) is 1.83. The van der Waals surface area contributed by atoms with E-state index in [1.54, 1.807) is 0 Å². The minimum Gasteiger partial charge on any atom is -0.492 e. The maximum absolute atomic E-state index is 11.2. The van der Waals surface area contributed by atoms with Crippen molar-refractivity contribution < 1.29 is 33.1 Å². The van der Waals surface area contributed by atoms with Crippen LogP contribution in [0.1, 0.15) is 5.56 Å². The fourth-order valence-electron chi connectivity index (χ4n) is 1.16. The lowest BCUT2D eigenvalue weighted by atomic mass is 10.2. The molecular formula is C8H13NO7S. The van der Waals surface area contributed by atoms with Crippen LogP contribution in [0.15, 0.2) is 6.07 Å². The van der Waals surface area contributed by atoms with Crippen LogP contribution in [0.3, 0.4) is 0 Å². The summed E-state index contributed by atoms with van der Waals surface area (Å²) < 4.78 is 27.1. The highest BCUT2D eigenvalue weighted by molar-refractivity contribution is 7.86. The van der Waals surface area contributed by atoms with Gasteiger partial charge in [-0.3, -0.25) is 4.28 Å². The smallest absolute Gasteiger partial charge is 0.329 e. The van der Waals surface area contributed by atoms with Crippen molar-refractivity contribution in [1.82, 2.24) is 4.73 Å². The van der Waals surface area contributed by atoms with Crippen molar-refractivity contribution in [3.8, 4) is 11.8 Å². The molecular weight excluding hydrogens is 254 g/mol. The van der Waals surface area contributed by atoms with Gasteiger partial charge in [0.15, 0.2) is 0 Å². The van der Waals surface area contributed by atoms with E-state index in [0.717, 1.165) is 6.07 Å². The monoisotopic (exact) mass is 267 g/mol. The highest BCUT2D eigenvalue weighted by Crippen LogP contribution is 2.26. The third-order valence-electron chi connectivity index (χ3n) is 1.90. The lowest BCUT2D eigenvalue weighted by molar-refractivity contribution is 0.199. The molecule has 98 valence electrons. The van der Waals surface area contributed by atoms with E-state index in [9.17, 15) is 18.6 Å². The molecule has 1 aromatic rings. The van der Waals surface area contributed by atoms with E-state index in [0.29, 0.717) is 4.73 Å². The predicted octanol–water partition coefficient (Wildman–Crippen LogP) is -1.82. The van der Waals surface area contributed by atoms with Gasteiger partial charge in [0.25, 0.3) is 0 Å². The Kier molecular flexibility index (Phi) is 4.21. The van der Waals surface area contributed by atoms with Crippen LogP contribution in [0.25, 0.3) is 0 Å². The minimum atomic E-state index is -4.10. The zero-order valence-electron chi connectivity index (χ0n) is 8.77. The average molecular weight is 267 g/mol. The summed E-state index contributed by atoms with van der Waals surface area (Å²) in [4.78, 5) is 0. The lowest BCUT2D eigenvalue weighted by Gasteiger charge is -2.07. The molecule has 0 radical (unpaired) electrons. The van der Waals surface area contributed by atoms with Crippen molar-refractivity contribution in [1.29, 1.82) is 0 Å². The first-order chi connectivity index (χ1) is 7.91. The first-order valence-electron chi connectivity index (χ1n) is 4.68. The summed E-state index contributed by atoms with van der Waals surface area (Å²) in [5.74, 6) is -1.90. The molecule has 0 saturated carbocycles. The molecule has 1 rings (SSSR count). The molecule has 0 aliphatic heterocycles. The van der Waals surface area contributed by atoms with Crippen molar-refractivity contribution in [2.45, 2.75) is 6.42 Å². The molecule has 0 aliphatic carbocycles. The molecule has 4 N–H and O–H groups in total. The minimum absolute atomic E-state index is 0.0375. The molecule has 0 amide bonds. The van der Waals surface area contributed by atoms with Gasteiger partial charge in [0.05, 0.1) is 6.61 Å². The maximum atomic E-state index is 11.2. The van der Waals surface area contributed by atoms with Crippen molar-refractivity contribution >= 4 is 10.1 Å². The molecule has 0 fully saturated rings. The number of nitrogens with zero attached hydrogens (tertiary/aromatic N) is 1. The first-order valence-corrected chi connectivity index (χ1v) is 6.26. The molecule has 0 spiro atoms. The van der Waals surface area contributed by atoms with Crippen molar-refractivity contribution in [2.75, 3.05) is 19.0 Å². The molecule has 0 aromatic carbocycles. The summed E-state index contributed by atoms with van der Waals surface area (Å²) in [6, 6.07) is 1.07. The highest BCUT2D eigenvalue weighted by atomic mass is 32.2. The van der Waals surface area contributed by atoms with Crippen LogP contribution in [0, 0.1) is 0 Å². The van der Waals surface area contributed by atoms with Gasteiger partial charge in [-0.05, 0) is 0 Å². The molecule has 0 unspecified atom stereocenters. The molecule has 9 heteroatoms. The number of aliphatic hydroxyl groups excluding tert-OH is 2. The van der Waals surface area contributed by atoms with Crippen LogP contribution in [-0.2, 0) is 16.5 Å². The van der Waals surface area contributed by atoms with Crippen molar-refractivity contribution in [3.63, 3.8) is 0 Å². The zero-order chi connectivity index (χ0) is 13.1. The highest BCUT2D eigenvalue weighted by Gasteiger charge is 2.20.